The molecule has 1 aliphatic rings. The van der Waals surface area contributed by atoms with Gasteiger partial charge in [0.1, 0.15) is 0 Å². The number of rotatable bonds is 3. The van der Waals surface area contributed by atoms with Crippen molar-refractivity contribution in [2.24, 2.45) is 5.92 Å². The highest BCUT2D eigenvalue weighted by Crippen LogP contribution is 2.47. The summed E-state index contributed by atoms with van der Waals surface area (Å²) in [5.41, 5.74) is 1.60. The van der Waals surface area contributed by atoms with E-state index in [4.69, 9.17) is 4.74 Å². The van der Waals surface area contributed by atoms with Gasteiger partial charge in [-0.15, -0.1) is 0 Å². The highest BCUT2D eigenvalue weighted by atomic mass is 16.5. The van der Waals surface area contributed by atoms with E-state index in [1.807, 2.05) is 26.2 Å². The topological polar surface area (TPSA) is 32.7 Å². The molecule has 0 bridgehead atoms. The van der Waals surface area contributed by atoms with Gasteiger partial charge in [0.2, 0.25) is 0 Å². The zero-order chi connectivity index (χ0) is 15.1. The van der Waals surface area contributed by atoms with Crippen molar-refractivity contribution in [3.63, 3.8) is 0 Å². The second-order valence-electron chi connectivity index (χ2n) is 7.21. The van der Waals surface area contributed by atoms with Gasteiger partial charge in [-0.2, -0.15) is 0 Å². The molecule has 0 saturated carbocycles. The molecule has 1 aromatic carbocycles. The normalized spacial score (nSPS) is 25.4. The van der Waals surface area contributed by atoms with E-state index in [9.17, 15) is 5.11 Å². The number of aliphatic hydroxyl groups is 1. The predicted molar refractivity (Wildman–Crippen MR) is 83.1 cm³/mol. The van der Waals surface area contributed by atoms with Crippen molar-refractivity contribution >= 4 is 5.69 Å². The average molecular weight is 277 g/mol. The van der Waals surface area contributed by atoms with Crippen LogP contribution in [-0.4, -0.2) is 30.4 Å². The Bertz CT molecular complexity index is 480. The van der Waals surface area contributed by atoms with Gasteiger partial charge in [-0.3, -0.25) is 0 Å². The van der Waals surface area contributed by atoms with Crippen LogP contribution in [0.2, 0.25) is 0 Å². The summed E-state index contributed by atoms with van der Waals surface area (Å²) in [6, 6.07) is 8.11. The van der Waals surface area contributed by atoms with Crippen LogP contribution in [0.15, 0.2) is 24.3 Å². The van der Waals surface area contributed by atoms with Gasteiger partial charge in [-0.1, -0.05) is 12.1 Å². The molecule has 0 amide bonds. The molecule has 0 aromatic heterocycles. The van der Waals surface area contributed by atoms with Crippen LogP contribution in [0.5, 0.6) is 0 Å². The highest BCUT2D eigenvalue weighted by Gasteiger charge is 2.49. The summed E-state index contributed by atoms with van der Waals surface area (Å²) in [6.45, 7) is 8.34. The minimum Gasteiger partial charge on any atom is -0.388 e. The molecule has 1 saturated heterocycles. The number of aliphatic hydroxyl groups excluding tert-OH is 1. The molecule has 0 spiro atoms. The first-order chi connectivity index (χ1) is 9.12. The Morgan fingerprint density at radius 3 is 2.40 bits per heavy atom. The maximum absolute atomic E-state index is 10.8. The average Bonchev–Trinajstić information content (AvgIpc) is 2.56. The third-order valence-corrected chi connectivity index (χ3v) is 4.25. The molecular formula is C17H27NO2. The molecule has 112 valence electrons. The smallest absolute Gasteiger partial charge is 0.0847 e. The van der Waals surface area contributed by atoms with Crippen molar-refractivity contribution in [1.29, 1.82) is 0 Å². The van der Waals surface area contributed by atoms with Gasteiger partial charge in [0.05, 0.1) is 17.3 Å². The van der Waals surface area contributed by atoms with Crippen LogP contribution in [0.25, 0.3) is 0 Å². The molecule has 1 fully saturated rings. The first-order valence-electron chi connectivity index (χ1n) is 7.28. The van der Waals surface area contributed by atoms with Crippen LogP contribution in [0.4, 0.5) is 5.69 Å². The van der Waals surface area contributed by atoms with E-state index in [0.29, 0.717) is 0 Å². The largest absolute Gasteiger partial charge is 0.388 e. The first-order valence-corrected chi connectivity index (χ1v) is 7.28. The Balaban J connectivity index is 2.27. The van der Waals surface area contributed by atoms with E-state index in [2.05, 4.69) is 44.7 Å². The molecule has 3 nitrogen and oxygen atoms in total. The van der Waals surface area contributed by atoms with Gasteiger partial charge >= 0.3 is 0 Å². The van der Waals surface area contributed by atoms with E-state index in [-0.39, 0.29) is 17.1 Å². The standard InChI is InChI=1S/C17H27NO2/c1-16(2)11-14(17(3,4)20-16)15(19)12-8-7-9-13(10-12)18(5)6/h7-10,14-15,19H,11H2,1-6H3. The third kappa shape index (κ3) is 2.99. The van der Waals surface area contributed by atoms with Crippen molar-refractivity contribution in [3.05, 3.63) is 29.8 Å². The number of hydrogen-bond donors (Lipinski definition) is 1. The zero-order valence-corrected chi connectivity index (χ0v) is 13.5. The number of anilines is 1. The molecule has 1 aliphatic heterocycles. The molecule has 0 radical (unpaired) electrons. The van der Waals surface area contributed by atoms with E-state index in [1.165, 1.54) is 0 Å². The third-order valence-electron chi connectivity index (χ3n) is 4.25. The van der Waals surface area contributed by atoms with Crippen molar-refractivity contribution in [2.45, 2.75) is 51.4 Å². The fourth-order valence-electron chi connectivity index (χ4n) is 3.32. The van der Waals surface area contributed by atoms with Crippen LogP contribution in [-0.2, 0) is 4.74 Å². The molecular weight excluding hydrogens is 250 g/mol. The lowest BCUT2D eigenvalue weighted by molar-refractivity contribution is -0.0880. The number of nitrogens with zero attached hydrogens (tertiary/aromatic N) is 1. The van der Waals surface area contributed by atoms with Gasteiger partial charge in [-0.25, -0.2) is 0 Å². The summed E-state index contributed by atoms with van der Waals surface area (Å²) < 4.78 is 6.10. The van der Waals surface area contributed by atoms with Crippen molar-refractivity contribution in [1.82, 2.24) is 0 Å². The molecule has 2 atom stereocenters. The van der Waals surface area contributed by atoms with Gasteiger partial charge in [0.15, 0.2) is 0 Å². The predicted octanol–water partition coefficient (Wildman–Crippen LogP) is 3.38. The van der Waals surface area contributed by atoms with E-state index >= 15 is 0 Å². The van der Waals surface area contributed by atoms with Gasteiger partial charge in [0, 0.05) is 25.7 Å². The quantitative estimate of drug-likeness (QED) is 0.919. The minimum atomic E-state index is -0.494. The van der Waals surface area contributed by atoms with E-state index in [0.717, 1.165) is 17.7 Å². The molecule has 1 aromatic rings. The van der Waals surface area contributed by atoms with Crippen LogP contribution in [0.3, 0.4) is 0 Å². The Kier molecular flexibility index (Phi) is 3.87. The summed E-state index contributed by atoms with van der Waals surface area (Å²) >= 11 is 0. The van der Waals surface area contributed by atoms with Crippen LogP contribution in [0.1, 0.15) is 45.8 Å². The zero-order valence-electron chi connectivity index (χ0n) is 13.5. The number of hydrogen-bond acceptors (Lipinski definition) is 3. The SMILES string of the molecule is CN(C)c1cccc(C(O)C2CC(C)(C)OC2(C)C)c1. The first kappa shape index (κ1) is 15.3. The van der Waals surface area contributed by atoms with Crippen LogP contribution >= 0.6 is 0 Å². The summed E-state index contributed by atoms with van der Waals surface area (Å²) in [5, 5.41) is 10.8. The second-order valence-corrected chi connectivity index (χ2v) is 7.21. The van der Waals surface area contributed by atoms with Crippen molar-refractivity contribution in [3.8, 4) is 0 Å². The molecule has 3 heteroatoms. The van der Waals surface area contributed by atoms with Gasteiger partial charge in [-0.05, 0) is 51.8 Å². The Morgan fingerprint density at radius 2 is 1.90 bits per heavy atom. The van der Waals surface area contributed by atoms with E-state index < -0.39 is 6.10 Å². The Labute approximate surface area is 122 Å². The van der Waals surface area contributed by atoms with E-state index in [1.54, 1.807) is 0 Å². The molecule has 1 heterocycles. The van der Waals surface area contributed by atoms with Crippen LogP contribution in [0, 0.1) is 5.92 Å². The second kappa shape index (κ2) is 5.05. The summed E-state index contributed by atoms with van der Waals surface area (Å²) in [5.74, 6) is 0.106. The Morgan fingerprint density at radius 1 is 1.25 bits per heavy atom. The molecule has 2 rings (SSSR count). The molecule has 1 N–H and O–H groups in total. The van der Waals surface area contributed by atoms with Crippen LogP contribution < -0.4 is 4.90 Å². The lowest BCUT2D eigenvalue weighted by atomic mass is 9.80. The maximum Gasteiger partial charge on any atom is 0.0847 e. The molecule has 2 unspecified atom stereocenters. The summed E-state index contributed by atoms with van der Waals surface area (Å²) in [7, 11) is 4.02. The van der Waals surface area contributed by atoms with Gasteiger partial charge in [0.25, 0.3) is 0 Å². The molecule has 20 heavy (non-hydrogen) atoms. The highest BCUT2D eigenvalue weighted by molar-refractivity contribution is 5.47. The monoisotopic (exact) mass is 277 g/mol. The lowest BCUT2D eigenvalue weighted by Gasteiger charge is -2.30. The van der Waals surface area contributed by atoms with Crippen molar-refractivity contribution in [2.75, 3.05) is 19.0 Å². The summed E-state index contributed by atoms with van der Waals surface area (Å²) in [4.78, 5) is 2.05. The summed E-state index contributed by atoms with van der Waals surface area (Å²) in [6.07, 6.45) is 0.375. The van der Waals surface area contributed by atoms with Crippen molar-refractivity contribution < 1.29 is 9.84 Å². The maximum atomic E-state index is 10.8. The fraction of sp³-hybridized carbons (Fsp3) is 0.647. The minimum absolute atomic E-state index is 0.106. The number of ether oxygens (including phenoxy) is 1. The fourth-order valence-corrected chi connectivity index (χ4v) is 3.32. The Hall–Kier alpha value is -1.06. The number of benzene rings is 1. The molecule has 0 aliphatic carbocycles. The van der Waals surface area contributed by atoms with Gasteiger partial charge < -0.3 is 14.7 Å². The lowest BCUT2D eigenvalue weighted by Crippen LogP contribution is -2.32.